The van der Waals surface area contributed by atoms with Gasteiger partial charge in [-0.25, -0.2) is 0 Å². The Labute approximate surface area is 106 Å². The van der Waals surface area contributed by atoms with Gasteiger partial charge < -0.3 is 29.2 Å². The SMILES string of the molecule is OCC1COC2(CCC3(CC2)OCC(CO)O3)O1. The van der Waals surface area contributed by atoms with Crippen LogP contribution in [0.15, 0.2) is 0 Å². The molecule has 3 aliphatic rings. The summed E-state index contributed by atoms with van der Waals surface area (Å²) >= 11 is 0. The lowest BCUT2D eigenvalue weighted by Gasteiger charge is -2.40. The van der Waals surface area contributed by atoms with Crippen molar-refractivity contribution in [1.29, 1.82) is 0 Å². The Morgan fingerprint density at radius 1 is 0.778 bits per heavy atom. The van der Waals surface area contributed by atoms with Crippen molar-refractivity contribution in [2.75, 3.05) is 26.4 Å². The Morgan fingerprint density at radius 2 is 1.17 bits per heavy atom. The van der Waals surface area contributed by atoms with Crippen LogP contribution in [0.3, 0.4) is 0 Å². The van der Waals surface area contributed by atoms with Crippen molar-refractivity contribution < 1.29 is 29.2 Å². The molecule has 2 heterocycles. The predicted molar refractivity (Wildman–Crippen MR) is 59.8 cm³/mol. The fourth-order valence-corrected chi connectivity index (χ4v) is 2.95. The zero-order valence-corrected chi connectivity index (χ0v) is 10.3. The average molecular weight is 260 g/mol. The van der Waals surface area contributed by atoms with Gasteiger partial charge in [-0.15, -0.1) is 0 Å². The number of aliphatic hydroxyl groups excluding tert-OH is 2. The molecule has 104 valence electrons. The fraction of sp³-hybridized carbons (Fsp3) is 1.00. The molecular weight excluding hydrogens is 240 g/mol. The van der Waals surface area contributed by atoms with Crippen molar-refractivity contribution in [2.24, 2.45) is 0 Å². The number of hydrogen-bond acceptors (Lipinski definition) is 6. The molecule has 0 aromatic rings. The summed E-state index contributed by atoms with van der Waals surface area (Å²) in [6.45, 7) is 0.883. The molecule has 2 saturated heterocycles. The molecular formula is C12H20O6. The molecule has 2 atom stereocenters. The van der Waals surface area contributed by atoms with E-state index in [0.29, 0.717) is 38.9 Å². The van der Waals surface area contributed by atoms with Crippen LogP contribution in [0.2, 0.25) is 0 Å². The van der Waals surface area contributed by atoms with E-state index in [-0.39, 0.29) is 25.4 Å². The van der Waals surface area contributed by atoms with Gasteiger partial charge in [-0.05, 0) is 0 Å². The van der Waals surface area contributed by atoms with Gasteiger partial charge in [0.2, 0.25) is 0 Å². The Morgan fingerprint density at radius 3 is 1.44 bits per heavy atom. The van der Waals surface area contributed by atoms with E-state index in [4.69, 9.17) is 29.2 Å². The van der Waals surface area contributed by atoms with E-state index in [9.17, 15) is 0 Å². The molecule has 0 bridgehead atoms. The third-order valence-electron chi connectivity index (χ3n) is 4.01. The van der Waals surface area contributed by atoms with Crippen LogP contribution in [-0.2, 0) is 18.9 Å². The second kappa shape index (κ2) is 4.70. The first-order valence-electron chi connectivity index (χ1n) is 6.54. The minimum Gasteiger partial charge on any atom is -0.394 e. The summed E-state index contributed by atoms with van der Waals surface area (Å²) < 4.78 is 22.9. The van der Waals surface area contributed by atoms with Gasteiger partial charge in [0, 0.05) is 25.7 Å². The van der Waals surface area contributed by atoms with Gasteiger partial charge in [-0.3, -0.25) is 0 Å². The van der Waals surface area contributed by atoms with Crippen molar-refractivity contribution >= 4 is 0 Å². The van der Waals surface area contributed by atoms with Crippen LogP contribution in [0, 0.1) is 0 Å². The molecule has 0 amide bonds. The lowest BCUT2D eigenvalue weighted by atomic mass is 9.89. The first kappa shape index (κ1) is 12.8. The molecule has 2 N–H and O–H groups in total. The zero-order valence-electron chi connectivity index (χ0n) is 10.3. The van der Waals surface area contributed by atoms with Crippen LogP contribution in [-0.4, -0.2) is 60.4 Å². The standard InChI is InChI=1S/C12H20O6/c13-5-9-7-15-11(17-9)1-2-12(4-3-11)16-8-10(6-14)18-12/h9-10,13-14H,1-8H2. The molecule has 2 unspecified atom stereocenters. The minimum atomic E-state index is -0.567. The molecule has 0 aromatic carbocycles. The van der Waals surface area contributed by atoms with Crippen molar-refractivity contribution in [3.8, 4) is 0 Å². The van der Waals surface area contributed by atoms with E-state index in [2.05, 4.69) is 0 Å². The lowest BCUT2D eigenvalue weighted by Crippen LogP contribution is -2.45. The Balaban J connectivity index is 1.58. The topological polar surface area (TPSA) is 77.4 Å². The van der Waals surface area contributed by atoms with Gasteiger partial charge in [-0.1, -0.05) is 0 Å². The molecule has 3 rings (SSSR count). The van der Waals surface area contributed by atoms with Crippen molar-refractivity contribution in [3.05, 3.63) is 0 Å². The fourth-order valence-electron chi connectivity index (χ4n) is 2.95. The number of hydrogen-bond donors (Lipinski definition) is 2. The van der Waals surface area contributed by atoms with Gasteiger partial charge >= 0.3 is 0 Å². The quantitative estimate of drug-likeness (QED) is 0.714. The zero-order chi connectivity index (χ0) is 12.6. The summed E-state index contributed by atoms with van der Waals surface area (Å²) in [5.41, 5.74) is 0. The predicted octanol–water partition coefficient (Wildman–Crippen LogP) is -0.232. The summed E-state index contributed by atoms with van der Waals surface area (Å²) in [7, 11) is 0. The third kappa shape index (κ3) is 2.17. The molecule has 2 spiro atoms. The van der Waals surface area contributed by atoms with E-state index in [1.54, 1.807) is 0 Å². The molecule has 1 saturated carbocycles. The maximum Gasteiger partial charge on any atom is 0.169 e. The number of ether oxygens (including phenoxy) is 4. The lowest BCUT2D eigenvalue weighted by molar-refractivity contribution is -0.260. The van der Waals surface area contributed by atoms with Crippen molar-refractivity contribution in [1.82, 2.24) is 0 Å². The van der Waals surface area contributed by atoms with E-state index in [1.165, 1.54) is 0 Å². The maximum absolute atomic E-state index is 9.07. The monoisotopic (exact) mass is 260 g/mol. The summed E-state index contributed by atoms with van der Waals surface area (Å²) in [6, 6.07) is 0. The van der Waals surface area contributed by atoms with Crippen LogP contribution in [0.1, 0.15) is 25.7 Å². The summed E-state index contributed by atoms with van der Waals surface area (Å²) in [5, 5.41) is 18.1. The van der Waals surface area contributed by atoms with Gasteiger partial charge in [-0.2, -0.15) is 0 Å². The molecule has 18 heavy (non-hydrogen) atoms. The van der Waals surface area contributed by atoms with E-state index in [1.807, 2.05) is 0 Å². The van der Waals surface area contributed by atoms with Gasteiger partial charge in [0.1, 0.15) is 12.2 Å². The molecule has 1 aliphatic carbocycles. The highest BCUT2D eigenvalue weighted by molar-refractivity contribution is 4.91. The molecule has 0 radical (unpaired) electrons. The Kier molecular flexibility index (Phi) is 3.34. The van der Waals surface area contributed by atoms with E-state index >= 15 is 0 Å². The highest BCUT2D eigenvalue weighted by Gasteiger charge is 2.52. The smallest absolute Gasteiger partial charge is 0.169 e. The normalized spacial score (nSPS) is 48.3. The molecule has 6 nitrogen and oxygen atoms in total. The van der Waals surface area contributed by atoms with Gasteiger partial charge in [0.05, 0.1) is 26.4 Å². The van der Waals surface area contributed by atoms with E-state index in [0.717, 1.165) is 0 Å². The molecule has 2 aliphatic heterocycles. The van der Waals surface area contributed by atoms with Crippen molar-refractivity contribution in [2.45, 2.75) is 49.5 Å². The average Bonchev–Trinajstić information content (AvgIpc) is 2.99. The first-order valence-corrected chi connectivity index (χ1v) is 6.54. The minimum absolute atomic E-state index is 0.00746. The number of aliphatic hydroxyl groups is 2. The highest BCUT2D eigenvalue weighted by Crippen LogP contribution is 2.45. The summed E-state index contributed by atoms with van der Waals surface area (Å²) in [5.74, 6) is -1.13. The number of rotatable bonds is 2. The van der Waals surface area contributed by atoms with E-state index < -0.39 is 11.6 Å². The first-order chi connectivity index (χ1) is 8.69. The van der Waals surface area contributed by atoms with Crippen LogP contribution in [0.4, 0.5) is 0 Å². The molecule has 6 heteroatoms. The second-order valence-electron chi connectivity index (χ2n) is 5.29. The second-order valence-corrected chi connectivity index (χ2v) is 5.29. The van der Waals surface area contributed by atoms with Gasteiger partial charge in [0.25, 0.3) is 0 Å². The van der Waals surface area contributed by atoms with Crippen LogP contribution >= 0.6 is 0 Å². The third-order valence-corrected chi connectivity index (χ3v) is 4.01. The Hall–Kier alpha value is -0.240. The summed E-state index contributed by atoms with van der Waals surface area (Å²) in [6.07, 6.45) is 2.36. The summed E-state index contributed by atoms with van der Waals surface area (Å²) in [4.78, 5) is 0. The van der Waals surface area contributed by atoms with Crippen molar-refractivity contribution in [3.63, 3.8) is 0 Å². The largest absolute Gasteiger partial charge is 0.394 e. The van der Waals surface area contributed by atoms with Crippen LogP contribution in [0.25, 0.3) is 0 Å². The molecule has 0 aromatic heterocycles. The highest BCUT2D eigenvalue weighted by atomic mass is 16.8. The van der Waals surface area contributed by atoms with Crippen LogP contribution in [0.5, 0.6) is 0 Å². The molecule has 3 fully saturated rings. The van der Waals surface area contributed by atoms with Crippen LogP contribution < -0.4 is 0 Å². The Bertz CT molecular complexity index is 269. The maximum atomic E-state index is 9.07. The van der Waals surface area contributed by atoms with Gasteiger partial charge in [0.15, 0.2) is 11.6 Å².